The molecule has 3 fully saturated rings. The molecule has 3 heterocycles. The highest BCUT2D eigenvalue weighted by molar-refractivity contribution is 6.05. The normalized spacial score (nSPS) is 27.6. The molecule has 2 aromatic carbocycles. The summed E-state index contributed by atoms with van der Waals surface area (Å²) in [5, 5.41) is 9.85. The average molecular weight is 489 g/mol. The van der Waals surface area contributed by atoms with Gasteiger partial charge in [-0.1, -0.05) is 43.2 Å². The molecule has 188 valence electrons. The second kappa shape index (κ2) is 9.67. The molecule has 6 rings (SSSR count). The number of piperidine rings is 1. The second-order valence-corrected chi connectivity index (χ2v) is 10.4. The van der Waals surface area contributed by atoms with Crippen LogP contribution in [0.3, 0.4) is 0 Å². The van der Waals surface area contributed by atoms with E-state index in [9.17, 15) is 14.4 Å². The van der Waals surface area contributed by atoms with E-state index < -0.39 is 11.9 Å². The SMILES string of the molecule is O=C1CCC(N2Cc3c(OCc4ccc(CC5N[C@H]6CCCC[C@H]6N5)cc4)cccc3C2=O)C(=O)N1. The molecule has 8 heteroatoms. The van der Waals surface area contributed by atoms with E-state index in [2.05, 4.69) is 40.2 Å². The molecule has 2 saturated heterocycles. The van der Waals surface area contributed by atoms with Crippen LogP contribution in [0.25, 0.3) is 0 Å². The summed E-state index contributed by atoms with van der Waals surface area (Å²) in [7, 11) is 0. The number of fused-ring (bicyclic) bond motifs is 2. The van der Waals surface area contributed by atoms with Gasteiger partial charge in [0, 0.05) is 36.1 Å². The number of ether oxygens (including phenoxy) is 1. The van der Waals surface area contributed by atoms with Crippen LogP contribution >= 0.6 is 0 Å². The Labute approximate surface area is 210 Å². The molecule has 4 aliphatic rings. The van der Waals surface area contributed by atoms with E-state index in [0.29, 0.717) is 49.1 Å². The molecule has 1 saturated carbocycles. The quantitative estimate of drug-likeness (QED) is 0.540. The number of amides is 3. The predicted octanol–water partition coefficient (Wildman–Crippen LogP) is 2.40. The van der Waals surface area contributed by atoms with Gasteiger partial charge in [-0.25, -0.2) is 0 Å². The Morgan fingerprint density at radius 2 is 1.61 bits per heavy atom. The van der Waals surface area contributed by atoms with Crippen LogP contribution in [0.4, 0.5) is 0 Å². The summed E-state index contributed by atoms with van der Waals surface area (Å²) in [5.41, 5.74) is 3.70. The third-order valence-electron chi connectivity index (χ3n) is 7.99. The summed E-state index contributed by atoms with van der Waals surface area (Å²) in [6.45, 7) is 0.701. The van der Waals surface area contributed by atoms with Crippen molar-refractivity contribution in [3.8, 4) is 5.75 Å². The van der Waals surface area contributed by atoms with Crippen molar-refractivity contribution in [3.05, 3.63) is 64.7 Å². The molecule has 2 unspecified atom stereocenters. The van der Waals surface area contributed by atoms with Crippen molar-refractivity contribution in [2.45, 2.75) is 82.4 Å². The highest BCUT2D eigenvalue weighted by atomic mass is 16.5. The van der Waals surface area contributed by atoms with Gasteiger partial charge in [0.05, 0.1) is 12.7 Å². The largest absolute Gasteiger partial charge is 0.489 e. The zero-order valence-corrected chi connectivity index (χ0v) is 20.3. The number of carbonyl (C=O) groups excluding carboxylic acids is 3. The predicted molar refractivity (Wildman–Crippen MR) is 133 cm³/mol. The first-order chi connectivity index (χ1) is 17.5. The van der Waals surface area contributed by atoms with Gasteiger partial charge in [0.25, 0.3) is 5.91 Å². The van der Waals surface area contributed by atoms with Crippen LogP contribution in [0.1, 0.15) is 65.6 Å². The molecule has 1 aliphatic carbocycles. The molecule has 3 N–H and O–H groups in total. The Kier molecular flexibility index (Phi) is 6.23. The van der Waals surface area contributed by atoms with E-state index in [-0.39, 0.29) is 18.2 Å². The standard InChI is InChI=1S/C28H32N4O4/c33-26-13-12-23(27(34)31-26)32-15-20-19(28(32)35)4-3-7-24(20)36-16-18-10-8-17(9-11-18)14-25-29-21-5-1-2-6-22(21)30-25/h3-4,7-11,21-23,25,29-30H,1-2,5-6,12-16H2,(H,31,33,34)/t21-,22+,23?,25?. The molecule has 8 nitrogen and oxygen atoms in total. The van der Waals surface area contributed by atoms with Crippen LogP contribution in [0.15, 0.2) is 42.5 Å². The Morgan fingerprint density at radius 1 is 0.889 bits per heavy atom. The van der Waals surface area contributed by atoms with E-state index in [1.54, 1.807) is 11.0 Å². The van der Waals surface area contributed by atoms with E-state index >= 15 is 0 Å². The minimum atomic E-state index is -0.629. The minimum Gasteiger partial charge on any atom is -0.489 e. The summed E-state index contributed by atoms with van der Waals surface area (Å²) < 4.78 is 6.14. The van der Waals surface area contributed by atoms with Crippen molar-refractivity contribution >= 4 is 17.7 Å². The van der Waals surface area contributed by atoms with Crippen molar-refractivity contribution in [2.24, 2.45) is 0 Å². The molecule has 4 atom stereocenters. The number of carbonyl (C=O) groups is 3. The molecule has 0 aromatic heterocycles. The Bertz CT molecular complexity index is 1170. The smallest absolute Gasteiger partial charge is 0.255 e. The first-order valence-electron chi connectivity index (χ1n) is 13.0. The molecule has 3 aliphatic heterocycles. The molecule has 2 aromatic rings. The van der Waals surface area contributed by atoms with Crippen LogP contribution in [-0.2, 0) is 29.2 Å². The van der Waals surface area contributed by atoms with Gasteiger partial charge in [-0.3, -0.25) is 30.3 Å². The Balaban J connectivity index is 1.07. The van der Waals surface area contributed by atoms with E-state index in [1.165, 1.54) is 31.2 Å². The van der Waals surface area contributed by atoms with Gasteiger partial charge < -0.3 is 9.64 Å². The molecule has 0 radical (unpaired) electrons. The van der Waals surface area contributed by atoms with Crippen molar-refractivity contribution in [2.75, 3.05) is 0 Å². The van der Waals surface area contributed by atoms with E-state index in [1.807, 2.05) is 12.1 Å². The van der Waals surface area contributed by atoms with E-state index in [4.69, 9.17) is 4.74 Å². The van der Waals surface area contributed by atoms with Crippen molar-refractivity contribution in [1.29, 1.82) is 0 Å². The minimum absolute atomic E-state index is 0.191. The van der Waals surface area contributed by atoms with Gasteiger partial charge in [-0.05, 0) is 42.5 Å². The summed E-state index contributed by atoms with van der Waals surface area (Å²) in [4.78, 5) is 38.4. The number of hydrogen-bond acceptors (Lipinski definition) is 6. The third-order valence-corrected chi connectivity index (χ3v) is 7.99. The number of benzene rings is 2. The topological polar surface area (TPSA) is 99.8 Å². The summed E-state index contributed by atoms with van der Waals surface area (Å²) in [6, 6.07) is 14.6. The van der Waals surface area contributed by atoms with Gasteiger partial charge in [0.2, 0.25) is 11.8 Å². The molecule has 3 amide bonds. The first kappa shape index (κ1) is 23.2. The molecule has 0 bridgehead atoms. The fraction of sp³-hybridized carbons (Fsp3) is 0.464. The zero-order chi connectivity index (χ0) is 24.6. The van der Waals surface area contributed by atoms with Gasteiger partial charge in [-0.2, -0.15) is 0 Å². The van der Waals surface area contributed by atoms with Gasteiger partial charge in [0.15, 0.2) is 0 Å². The fourth-order valence-electron chi connectivity index (χ4n) is 6.07. The lowest BCUT2D eigenvalue weighted by Crippen LogP contribution is -2.52. The highest BCUT2D eigenvalue weighted by Crippen LogP contribution is 2.34. The number of hydrogen-bond donors (Lipinski definition) is 3. The lowest BCUT2D eigenvalue weighted by atomic mass is 9.92. The van der Waals surface area contributed by atoms with Crippen LogP contribution in [0, 0.1) is 0 Å². The average Bonchev–Trinajstić information content (AvgIpc) is 3.44. The first-order valence-corrected chi connectivity index (χ1v) is 13.0. The molecular weight excluding hydrogens is 456 g/mol. The summed E-state index contributed by atoms with van der Waals surface area (Å²) >= 11 is 0. The number of imide groups is 1. The number of nitrogens with one attached hydrogen (secondary N) is 3. The number of rotatable bonds is 6. The molecule has 36 heavy (non-hydrogen) atoms. The fourth-order valence-corrected chi connectivity index (χ4v) is 6.07. The lowest BCUT2D eigenvalue weighted by molar-refractivity contribution is -0.136. The maximum atomic E-state index is 13.0. The Hall–Kier alpha value is -3.23. The summed E-state index contributed by atoms with van der Waals surface area (Å²) in [6.07, 6.45) is 7.06. The van der Waals surface area contributed by atoms with Crippen molar-refractivity contribution < 1.29 is 19.1 Å². The van der Waals surface area contributed by atoms with Crippen molar-refractivity contribution in [3.63, 3.8) is 0 Å². The van der Waals surface area contributed by atoms with Gasteiger partial charge >= 0.3 is 0 Å². The van der Waals surface area contributed by atoms with Crippen LogP contribution in [0.5, 0.6) is 5.75 Å². The zero-order valence-electron chi connectivity index (χ0n) is 20.3. The monoisotopic (exact) mass is 488 g/mol. The maximum absolute atomic E-state index is 13.0. The van der Waals surface area contributed by atoms with E-state index in [0.717, 1.165) is 17.5 Å². The molecule has 0 spiro atoms. The highest BCUT2D eigenvalue weighted by Gasteiger charge is 2.40. The summed E-state index contributed by atoms with van der Waals surface area (Å²) in [5.74, 6) is -0.231. The number of nitrogens with zero attached hydrogens (tertiary/aromatic N) is 1. The van der Waals surface area contributed by atoms with Crippen molar-refractivity contribution in [1.82, 2.24) is 20.9 Å². The van der Waals surface area contributed by atoms with Gasteiger partial charge in [0.1, 0.15) is 18.4 Å². The Morgan fingerprint density at radius 3 is 2.33 bits per heavy atom. The van der Waals surface area contributed by atoms with Crippen LogP contribution in [0.2, 0.25) is 0 Å². The maximum Gasteiger partial charge on any atom is 0.255 e. The van der Waals surface area contributed by atoms with Crippen LogP contribution < -0.4 is 20.7 Å². The van der Waals surface area contributed by atoms with Gasteiger partial charge in [-0.15, -0.1) is 0 Å². The molecular formula is C28H32N4O4. The second-order valence-electron chi connectivity index (χ2n) is 10.4. The van der Waals surface area contributed by atoms with Crippen LogP contribution in [-0.4, -0.2) is 46.9 Å². The lowest BCUT2D eigenvalue weighted by Gasteiger charge is -2.29. The third kappa shape index (κ3) is 4.51.